The maximum Gasteiger partial charge on any atom is 0.277 e. The predicted octanol–water partition coefficient (Wildman–Crippen LogP) is 2.27. The highest BCUT2D eigenvalue weighted by Gasteiger charge is 2.25. The summed E-state index contributed by atoms with van der Waals surface area (Å²) in [6.07, 6.45) is 11.4. The number of hydrogen-bond donors (Lipinski definition) is 5. The van der Waals surface area contributed by atoms with E-state index in [4.69, 9.17) is 0 Å². The molecule has 5 rings (SSSR count). The van der Waals surface area contributed by atoms with Crippen LogP contribution in [0.25, 0.3) is 5.65 Å². The molecule has 0 unspecified atom stereocenters. The number of imidazole rings is 1. The number of aromatic nitrogens is 5. The van der Waals surface area contributed by atoms with Crippen LogP contribution in [-0.4, -0.2) is 48.5 Å². The quantitative estimate of drug-likeness (QED) is 0.342. The Morgan fingerprint density at radius 2 is 1.77 bits per heavy atom. The Labute approximate surface area is 202 Å². The molecule has 35 heavy (non-hydrogen) atoms. The molecule has 2 aliphatic carbocycles. The number of carbonyl (C=O) groups is 2. The third-order valence-electron chi connectivity index (χ3n) is 5.86. The van der Waals surface area contributed by atoms with Gasteiger partial charge in [-0.05, 0) is 25.7 Å². The summed E-state index contributed by atoms with van der Waals surface area (Å²) in [5.74, 6) is 0.218. The van der Waals surface area contributed by atoms with Gasteiger partial charge in [0.05, 0.1) is 18.2 Å². The zero-order chi connectivity index (χ0) is 24.8. The van der Waals surface area contributed by atoms with Crippen LogP contribution in [0.4, 0.5) is 17.3 Å². The van der Waals surface area contributed by atoms with Crippen LogP contribution in [0.2, 0.25) is 0 Å². The molecule has 2 fully saturated rings. The van der Waals surface area contributed by atoms with Crippen LogP contribution in [0.3, 0.4) is 0 Å². The smallest absolute Gasteiger partial charge is 0.277 e. The minimum atomic E-state index is -0.430. The van der Waals surface area contributed by atoms with Crippen molar-refractivity contribution in [3.05, 3.63) is 40.7 Å². The first-order valence-corrected chi connectivity index (χ1v) is 12.0. The van der Waals surface area contributed by atoms with Gasteiger partial charge in [0.2, 0.25) is 5.91 Å². The van der Waals surface area contributed by atoms with E-state index in [1.807, 2.05) is 6.07 Å². The molecule has 0 atom stereocenters. The van der Waals surface area contributed by atoms with Crippen molar-refractivity contribution in [2.75, 3.05) is 16.0 Å². The number of fused-ring (bicyclic) bond motifs is 1. The van der Waals surface area contributed by atoms with Crippen molar-refractivity contribution >= 4 is 34.8 Å². The molecular weight excluding hydrogens is 450 g/mol. The van der Waals surface area contributed by atoms with Crippen molar-refractivity contribution in [1.82, 2.24) is 24.6 Å². The summed E-state index contributed by atoms with van der Waals surface area (Å²) in [7, 11) is 0. The minimum absolute atomic E-state index is 0.173. The van der Waals surface area contributed by atoms with Gasteiger partial charge < -0.3 is 26.7 Å². The summed E-state index contributed by atoms with van der Waals surface area (Å²) >= 11 is 0. The SMILES string of the molecule is CCC(N)=O.O=C(Nc1cc(=O)[nH]cn1)c1cnc2c(NC3CC3)cc(NC3CCCCC3)nn12. The molecule has 0 saturated heterocycles. The van der Waals surface area contributed by atoms with Gasteiger partial charge in [-0.2, -0.15) is 0 Å². The first-order valence-electron chi connectivity index (χ1n) is 12.0. The highest BCUT2D eigenvalue weighted by molar-refractivity contribution is 6.03. The van der Waals surface area contributed by atoms with Crippen LogP contribution in [0.1, 0.15) is 68.8 Å². The Morgan fingerprint density at radius 3 is 2.43 bits per heavy atom. The van der Waals surface area contributed by atoms with Gasteiger partial charge >= 0.3 is 0 Å². The Bertz CT molecular complexity index is 1240. The minimum Gasteiger partial charge on any atom is -0.379 e. The second kappa shape index (κ2) is 11.0. The van der Waals surface area contributed by atoms with E-state index in [9.17, 15) is 14.4 Å². The number of nitrogens with one attached hydrogen (secondary N) is 4. The molecule has 2 saturated carbocycles. The average Bonchev–Trinajstić information content (AvgIpc) is 3.55. The standard InChI is InChI=1S/C20H24N8O2.C3H7NO/c29-18-9-16(22-11-23-18)26-20(30)15-10-21-19-14(24-13-6-7-13)8-17(27-28(15)19)25-12-4-2-1-3-5-12;1-2-3(4)5/h8-13,24H,1-7H2,(H,25,27)(H2,22,23,26,29,30);2H2,1H3,(H2,4,5). The number of rotatable bonds is 7. The van der Waals surface area contributed by atoms with Crippen molar-refractivity contribution in [2.45, 2.75) is 70.4 Å². The third-order valence-corrected chi connectivity index (χ3v) is 5.86. The van der Waals surface area contributed by atoms with Crippen molar-refractivity contribution in [3.8, 4) is 0 Å². The highest BCUT2D eigenvalue weighted by atomic mass is 16.2. The van der Waals surface area contributed by atoms with E-state index in [1.54, 1.807) is 11.4 Å². The van der Waals surface area contributed by atoms with Gasteiger partial charge in [-0.25, -0.2) is 14.5 Å². The number of carbonyl (C=O) groups excluding carboxylic acids is 2. The van der Waals surface area contributed by atoms with E-state index < -0.39 is 5.91 Å². The monoisotopic (exact) mass is 481 g/mol. The lowest BCUT2D eigenvalue weighted by molar-refractivity contribution is -0.117. The summed E-state index contributed by atoms with van der Waals surface area (Å²) in [5, 5.41) is 14.3. The topological polar surface area (TPSA) is 172 Å². The lowest BCUT2D eigenvalue weighted by atomic mass is 9.95. The number of amides is 2. The van der Waals surface area contributed by atoms with Gasteiger partial charge in [0.15, 0.2) is 11.3 Å². The second-order valence-electron chi connectivity index (χ2n) is 8.79. The number of primary amides is 1. The Kier molecular flexibility index (Phi) is 7.58. The number of nitrogens with zero attached hydrogens (tertiary/aromatic N) is 4. The lowest BCUT2D eigenvalue weighted by Gasteiger charge is -2.23. The van der Waals surface area contributed by atoms with Crippen LogP contribution < -0.4 is 27.2 Å². The number of hydrogen-bond acceptors (Lipinski definition) is 8. The van der Waals surface area contributed by atoms with Crippen molar-refractivity contribution in [3.63, 3.8) is 0 Å². The molecular formula is C23H31N9O3. The van der Waals surface area contributed by atoms with Gasteiger partial charge in [0.1, 0.15) is 11.6 Å². The fourth-order valence-corrected chi connectivity index (χ4v) is 3.82. The predicted molar refractivity (Wildman–Crippen MR) is 132 cm³/mol. The number of nitrogens with two attached hydrogens (primary N) is 1. The third kappa shape index (κ3) is 6.55. The van der Waals surface area contributed by atoms with Crippen molar-refractivity contribution in [2.24, 2.45) is 5.73 Å². The number of H-pyrrole nitrogens is 1. The molecule has 186 valence electrons. The lowest BCUT2D eigenvalue weighted by Crippen LogP contribution is -2.24. The molecule has 0 bridgehead atoms. The molecule has 12 nitrogen and oxygen atoms in total. The first-order chi connectivity index (χ1) is 16.9. The van der Waals surface area contributed by atoms with E-state index >= 15 is 0 Å². The molecule has 0 radical (unpaired) electrons. The summed E-state index contributed by atoms with van der Waals surface area (Å²) in [5.41, 5.74) is 6.05. The summed E-state index contributed by atoms with van der Waals surface area (Å²) in [6.45, 7) is 1.72. The maximum absolute atomic E-state index is 12.8. The molecule has 3 aromatic heterocycles. The molecule has 0 spiro atoms. The first kappa shape index (κ1) is 24.2. The summed E-state index contributed by atoms with van der Waals surface area (Å²) in [4.78, 5) is 44.7. The summed E-state index contributed by atoms with van der Waals surface area (Å²) in [6, 6.07) is 4.03. The normalized spacial score (nSPS) is 15.7. The summed E-state index contributed by atoms with van der Waals surface area (Å²) < 4.78 is 1.55. The molecule has 2 aliphatic rings. The molecule has 3 aromatic rings. The molecule has 12 heteroatoms. The maximum atomic E-state index is 12.8. The molecule has 0 aromatic carbocycles. The van der Waals surface area contributed by atoms with Crippen LogP contribution >= 0.6 is 0 Å². The molecule has 0 aliphatic heterocycles. The zero-order valence-electron chi connectivity index (χ0n) is 19.7. The van der Waals surface area contributed by atoms with Gasteiger partial charge in [0, 0.05) is 30.6 Å². The largest absolute Gasteiger partial charge is 0.379 e. The molecule has 6 N–H and O–H groups in total. The Morgan fingerprint density at radius 1 is 1.06 bits per heavy atom. The van der Waals surface area contributed by atoms with Gasteiger partial charge in [-0.1, -0.05) is 26.2 Å². The van der Waals surface area contributed by atoms with Crippen molar-refractivity contribution in [1.29, 1.82) is 0 Å². The van der Waals surface area contributed by atoms with E-state index in [1.165, 1.54) is 37.9 Å². The Hall–Kier alpha value is -3.96. The van der Waals surface area contributed by atoms with Gasteiger partial charge in [-0.15, -0.1) is 5.10 Å². The Balaban J connectivity index is 0.000000527. The van der Waals surface area contributed by atoms with Crippen LogP contribution in [0.5, 0.6) is 0 Å². The number of anilines is 3. The highest BCUT2D eigenvalue weighted by Crippen LogP contribution is 2.29. The van der Waals surface area contributed by atoms with E-state index in [2.05, 4.69) is 41.7 Å². The number of aromatic amines is 1. The van der Waals surface area contributed by atoms with Gasteiger partial charge in [-0.3, -0.25) is 14.4 Å². The van der Waals surface area contributed by atoms with Crippen LogP contribution in [-0.2, 0) is 4.79 Å². The fourth-order valence-electron chi connectivity index (χ4n) is 3.82. The second-order valence-corrected chi connectivity index (χ2v) is 8.79. The van der Waals surface area contributed by atoms with Crippen molar-refractivity contribution < 1.29 is 9.59 Å². The molecule has 2 amide bonds. The van der Waals surface area contributed by atoms with E-state index in [0.29, 0.717) is 24.2 Å². The fraction of sp³-hybridized carbons (Fsp3) is 0.478. The zero-order valence-corrected chi connectivity index (χ0v) is 19.7. The van der Waals surface area contributed by atoms with E-state index in [0.717, 1.165) is 37.2 Å². The van der Waals surface area contributed by atoms with Crippen LogP contribution in [0.15, 0.2) is 29.5 Å². The molecule has 3 heterocycles. The average molecular weight is 482 g/mol. The van der Waals surface area contributed by atoms with Crippen LogP contribution in [0, 0.1) is 0 Å². The van der Waals surface area contributed by atoms with E-state index in [-0.39, 0.29) is 23.0 Å². The van der Waals surface area contributed by atoms with Gasteiger partial charge in [0.25, 0.3) is 11.5 Å².